The van der Waals surface area contributed by atoms with Crippen LogP contribution in [-0.4, -0.2) is 25.2 Å². The normalized spacial score (nSPS) is 15.7. The summed E-state index contributed by atoms with van der Waals surface area (Å²) in [5.74, 6) is 1.30. The van der Waals surface area contributed by atoms with Crippen LogP contribution in [-0.2, 0) is 0 Å². The lowest BCUT2D eigenvalue weighted by Crippen LogP contribution is -2.31. The number of nitrogens with one attached hydrogen (secondary N) is 1. The zero-order valence-corrected chi connectivity index (χ0v) is 10.9. The van der Waals surface area contributed by atoms with Crippen molar-refractivity contribution in [2.24, 2.45) is 0 Å². The molecule has 98 valence electrons. The molecule has 0 aliphatic carbocycles. The first-order valence-corrected chi connectivity index (χ1v) is 6.41. The second kappa shape index (κ2) is 5.76. The zero-order chi connectivity index (χ0) is 13.0. The topological polar surface area (TPSA) is 47.6 Å². The Kier molecular flexibility index (Phi) is 4.07. The van der Waals surface area contributed by atoms with Crippen molar-refractivity contribution in [2.45, 2.75) is 32.7 Å². The van der Waals surface area contributed by atoms with E-state index < -0.39 is 0 Å². The fourth-order valence-electron chi connectivity index (χ4n) is 1.71. The highest BCUT2D eigenvalue weighted by Gasteiger charge is 2.14. The molecule has 0 fully saturated rings. The van der Waals surface area contributed by atoms with Gasteiger partial charge in [0.2, 0.25) is 0 Å². The maximum absolute atomic E-state index is 12.0. The molecule has 0 saturated heterocycles. The molecular weight excluding hydrogens is 230 g/mol. The van der Waals surface area contributed by atoms with Gasteiger partial charge in [0.15, 0.2) is 11.5 Å². The van der Waals surface area contributed by atoms with E-state index in [0.717, 1.165) is 12.8 Å². The van der Waals surface area contributed by atoms with Gasteiger partial charge in [0.05, 0.1) is 13.2 Å². The predicted octanol–water partition coefficient (Wildman–Crippen LogP) is 2.38. The molecule has 0 spiro atoms. The Balaban J connectivity index is 2.15. The molecule has 1 heterocycles. The summed E-state index contributed by atoms with van der Waals surface area (Å²) in [7, 11) is 0. The minimum Gasteiger partial charge on any atom is -0.490 e. The number of carbonyl (C=O) groups excluding carboxylic acids is 1. The van der Waals surface area contributed by atoms with Gasteiger partial charge in [-0.15, -0.1) is 0 Å². The second-order valence-corrected chi connectivity index (χ2v) is 4.49. The van der Waals surface area contributed by atoms with Crippen LogP contribution < -0.4 is 14.8 Å². The zero-order valence-electron chi connectivity index (χ0n) is 10.9. The van der Waals surface area contributed by atoms with E-state index in [1.54, 1.807) is 18.2 Å². The van der Waals surface area contributed by atoms with Crippen LogP contribution in [0.25, 0.3) is 0 Å². The number of hydrogen-bond acceptors (Lipinski definition) is 3. The average molecular weight is 249 g/mol. The molecule has 1 atom stereocenters. The monoisotopic (exact) mass is 249 g/mol. The fourth-order valence-corrected chi connectivity index (χ4v) is 1.71. The predicted molar refractivity (Wildman–Crippen MR) is 69.3 cm³/mol. The van der Waals surface area contributed by atoms with Crippen LogP contribution in [0.15, 0.2) is 18.2 Å². The maximum atomic E-state index is 12.0. The molecule has 1 amide bonds. The molecule has 18 heavy (non-hydrogen) atoms. The molecule has 0 radical (unpaired) electrons. The van der Waals surface area contributed by atoms with Crippen LogP contribution in [0, 0.1) is 0 Å². The Morgan fingerprint density at radius 3 is 2.78 bits per heavy atom. The first-order valence-electron chi connectivity index (χ1n) is 6.41. The Hall–Kier alpha value is -1.71. The second-order valence-electron chi connectivity index (χ2n) is 4.49. The molecule has 1 N–H and O–H groups in total. The van der Waals surface area contributed by atoms with Gasteiger partial charge in [0.25, 0.3) is 5.91 Å². The number of hydrogen-bond donors (Lipinski definition) is 1. The summed E-state index contributed by atoms with van der Waals surface area (Å²) >= 11 is 0. The lowest BCUT2D eigenvalue weighted by atomic mass is 10.1. The summed E-state index contributed by atoms with van der Waals surface area (Å²) in [6.45, 7) is 5.31. The molecule has 0 bridgehead atoms. The number of carbonyl (C=O) groups is 1. The van der Waals surface area contributed by atoms with E-state index in [2.05, 4.69) is 5.32 Å². The third kappa shape index (κ3) is 2.94. The Morgan fingerprint density at radius 2 is 2.06 bits per heavy atom. The SMILES string of the molecule is CC[C@H](C)NC(=O)c1ccc2c(c1)OCCCO2. The van der Waals surface area contributed by atoms with E-state index in [1.807, 2.05) is 13.8 Å². The van der Waals surface area contributed by atoms with Gasteiger partial charge < -0.3 is 14.8 Å². The first kappa shape index (κ1) is 12.7. The van der Waals surface area contributed by atoms with Crippen LogP contribution in [0.2, 0.25) is 0 Å². The summed E-state index contributed by atoms with van der Waals surface area (Å²) in [6.07, 6.45) is 1.78. The van der Waals surface area contributed by atoms with Crippen molar-refractivity contribution in [3.63, 3.8) is 0 Å². The van der Waals surface area contributed by atoms with Crippen LogP contribution in [0.5, 0.6) is 11.5 Å². The molecular formula is C14H19NO3. The Labute approximate surface area is 107 Å². The van der Waals surface area contributed by atoms with E-state index in [4.69, 9.17) is 9.47 Å². The van der Waals surface area contributed by atoms with E-state index in [-0.39, 0.29) is 11.9 Å². The van der Waals surface area contributed by atoms with Crippen molar-refractivity contribution in [3.05, 3.63) is 23.8 Å². The summed E-state index contributed by atoms with van der Waals surface area (Å²) in [4.78, 5) is 12.0. The quantitative estimate of drug-likeness (QED) is 0.894. The number of benzene rings is 1. The van der Waals surface area contributed by atoms with E-state index >= 15 is 0 Å². The molecule has 0 saturated carbocycles. The summed E-state index contributed by atoms with van der Waals surface area (Å²) in [5.41, 5.74) is 0.611. The van der Waals surface area contributed by atoms with E-state index in [9.17, 15) is 4.79 Å². The Morgan fingerprint density at radius 1 is 1.33 bits per heavy atom. The van der Waals surface area contributed by atoms with Crippen molar-refractivity contribution in [1.82, 2.24) is 5.32 Å². The Bertz CT molecular complexity index is 431. The highest BCUT2D eigenvalue weighted by molar-refractivity contribution is 5.95. The number of ether oxygens (including phenoxy) is 2. The number of amides is 1. The van der Waals surface area contributed by atoms with Crippen LogP contribution in [0.1, 0.15) is 37.0 Å². The minimum atomic E-state index is -0.0694. The molecule has 1 aliphatic rings. The van der Waals surface area contributed by atoms with Crippen LogP contribution in [0.4, 0.5) is 0 Å². The molecule has 4 heteroatoms. The standard InChI is InChI=1S/C14H19NO3/c1-3-10(2)15-14(16)11-5-6-12-13(9-11)18-8-4-7-17-12/h5-6,9-10H,3-4,7-8H2,1-2H3,(H,15,16)/t10-/m0/s1. The van der Waals surface area contributed by atoms with E-state index in [1.165, 1.54) is 0 Å². The third-order valence-corrected chi connectivity index (χ3v) is 3.00. The van der Waals surface area contributed by atoms with Gasteiger partial charge in [-0.05, 0) is 31.5 Å². The third-order valence-electron chi connectivity index (χ3n) is 3.00. The summed E-state index contributed by atoms with van der Waals surface area (Å²) in [6, 6.07) is 5.49. The van der Waals surface area contributed by atoms with Gasteiger partial charge >= 0.3 is 0 Å². The van der Waals surface area contributed by atoms with Gasteiger partial charge in [-0.25, -0.2) is 0 Å². The van der Waals surface area contributed by atoms with Crippen molar-refractivity contribution in [2.75, 3.05) is 13.2 Å². The number of rotatable bonds is 3. The lowest BCUT2D eigenvalue weighted by molar-refractivity contribution is 0.0939. The molecule has 0 unspecified atom stereocenters. The summed E-state index contributed by atoms with van der Waals surface area (Å²) in [5, 5.41) is 2.93. The average Bonchev–Trinajstić information content (AvgIpc) is 2.62. The maximum Gasteiger partial charge on any atom is 0.251 e. The minimum absolute atomic E-state index is 0.0694. The largest absolute Gasteiger partial charge is 0.490 e. The summed E-state index contributed by atoms with van der Waals surface area (Å²) < 4.78 is 11.1. The number of fused-ring (bicyclic) bond motifs is 1. The molecule has 1 aromatic rings. The van der Waals surface area contributed by atoms with Gasteiger partial charge in [-0.1, -0.05) is 6.92 Å². The van der Waals surface area contributed by atoms with Gasteiger partial charge in [0.1, 0.15) is 0 Å². The van der Waals surface area contributed by atoms with Crippen molar-refractivity contribution in [3.8, 4) is 11.5 Å². The molecule has 1 aromatic carbocycles. The highest BCUT2D eigenvalue weighted by atomic mass is 16.5. The van der Waals surface area contributed by atoms with Crippen LogP contribution in [0.3, 0.4) is 0 Å². The van der Waals surface area contributed by atoms with Crippen molar-refractivity contribution < 1.29 is 14.3 Å². The first-order chi connectivity index (χ1) is 8.70. The molecule has 4 nitrogen and oxygen atoms in total. The van der Waals surface area contributed by atoms with Gasteiger partial charge in [-0.3, -0.25) is 4.79 Å². The van der Waals surface area contributed by atoms with Crippen LogP contribution >= 0.6 is 0 Å². The van der Waals surface area contributed by atoms with E-state index in [0.29, 0.717) is 30.3 Å². The van der Waals surface area contributed by atoms with Crippen molar-refractivity contribution in [1.29, 1.82) is 0 Å². The molecule has 0 aromatic heterocycles. The van der Waals surface area contributed by atoms with Crippen molar-refractivity contribution >= 4 is 5.91 Å². The highest BCUT2D eigenvalue weighted by Crippen LogP contribution is 2.30. The molecule has 2 rings (SSSR count). The van der Waals surface area contributed by atoms with Gasteiger partial charge in [0, 0.05) is 18.0 Å². The lowest BCUT2D eigenvalue weighted by Gasteiger charge is -2.13. The molecule has 1 aliphatic heterocycles. The smallest absolute Gasteiger partial charge is 0.251 e. The van der Waals surface area contributed by atoms with Gasteiger partial charge in [-0.2, -0.15) is 0 Å². The fraction of sp³-hybridized carbons (Fsp3) is 0.500.